The zero-order chi connectivity index (χ0) is 13.6. The Morgan fingerprint density at radius 2 is 1.67 bits per heavy atom. The molecule has 0 aromatic heterocycles. The Morgan fingerprint density at radius 1 is 0.857 bits per heavy atom. The molecule has 4 aromatic carbocycles. The van der Waals surface area contributed by atoms with Crippen LogP contribution in [0.1, 0.15) is 23.6 Å². The Hall–Kier alpha value is -2.12. The van der Waals surface area contributed by atoms with E-state index in [1.165, 1.54) is 45.2 Å². The second-order valence-electron chi connectivity index (χ2n) is 6.59. The highest BCUT2D eigenvalue weighted by Gasteiger charge is 2.42. The molecule has 0 saturated carbocycles. The zero-order valence-electron chi connectivity index (χ0n) is 11.7. The van der Waals surface area contributed by atoms with E-state index in [0.717, 1.165) is 6.04 Å². The quantitative estimate of drug-likeness (QED) is 0.367. The maximum atomic E-state index is 3.63. The minimum atomic E-state index is 0.621. The molecule has 1 nitrogen and oxygen atoms in total. The number of rotatable bonds is 0. The first-order chi connectivity index (χ1) is 10.4. The molecule has 1 aliphatic heterocycles. The molecule has 1 heterocycles. The molecular formula is C20H15N. The lowest BCUT2D eigenvalue weighted by Crippen LogP contribution is -2.05. The zero-order valence-corrected chi connectivity index (χ0v) is 11.7. The van der Waals surface area contributed by atoms with Crippen LogP contribution in [0.25, 0.3) is 32.3 Å². The molecule has 0 radical (unpaired) electrons. The van der Waals surface area contributed by atoms with Crippen LogP contribution in [0.2, 0.25) is 0 Å². The van der Waals surface area contributed by atoms with E-state index >= 15 is 0 Å². The number of nitrogens with one attached hydrogen (secondary N) is 1. The van der Waals surface area contributed by atoms with Gasteiger partial charge in [-0.15, -0.1) is 0 Å². The monoisotopic (exact) mass is 269 g/mol. The Labute approximate surface area is 122 Å². The van der Waals surface area contributed by atoms with E-state index in [9.17, 15) is 0 Å². The molecule has 1 fully saturated rings. The first kappa shape index (κ1) is 10.6. The van der Waals surface area contributed by atoms with Crippen molar-refractivity contribution < 1.29 is 0 Å². The summed E-state index contributed by atoms with van der Waals surface area (Å²) >= 11 is 0. The fourth-order valence-electron chi connectivity index (χ4n) is 4.48. The van der Waals surface area contributed by atoms with Crippen LogP contribution in [0, 0.1) is 0 Å². The van der Waals surface area contributed by atoms with E-state index in [2.05, 4.69) is 53.8 Å². The molecule has 100 valence electrons. The molecule has 6 rings (SSSR count). The highest BCUT2D eigenvalue weighted by atomic mass is 15.1. The molecule has 2 aliphatic rings. The van der Waals surface area contributed by atoms with Crippen LogP contribution in [0.4, 0.5) is 0 Å². The van der Waals surface area contributed by atoms with Gasteiger partial charge in [0, 0.05) is 12.1 Å². The van der Waals surface area contributed by atoms with Gasteiger partial charge >= 0.3 is 0 Å². The average molecular weight is 269 g/mol. The number of hydrogen-bond acceptors (Lipinski definition) is 1. The lowest BCUT2D eigenvalue weighted by atomic mass is 9.84. The second-order valence-corrected chi connectivity index (χ2v) is 6.59. The summed E-state index contributed by atoms with van der Waals surface area (Å²) in [4.78, 5) is 0. The van der Waals surface area contributed by atoms with Crippen LogP contribution in [0.15, 0.2) is 48.5 Å². The first-order valence-corrected chi connectivity index (χ1v) is 7.85. The summed E-state index contributed by atoms with van der Waals surface area (Å²) < 4.78 is 0. The van der Waals surface area contributed by atoms with Crippen molar-refractivity contribution in [3.05, 3.63) is 59.7 Å². The van der Waals surface area contributed by atoms with Crippen molar-refractivity contribution in [3.8, 4) is 0 Å². The van der Waals surface area contributed by atoms with Gasteiger partial charge in [-0.25, -0.2) is 0 Å². The van der Waals surface area contributed by atoms with Crippen LogP contribution in [-0.4, -0.2) is 6.04 Å². The summed E-state index contributed by atoms with van der Waals surface area (Å²) in [7, 11) is 0. The standard InChI is InChI=1S/C20H15N/c1-2-11-4-5-13-10-16-14(8-9-17-20(16)21-17)15-7-6-12(3-1)18(11)19(13)15/h1-7,10,17,20-21H,8-9H2. The summed E-state index contributed by atoms with van der Waals surface area (Å²) in [6.45, 7) is 0. The Morgan fingerprint density at radius 3 is 2.57 bits per heavy atom. The first-order valence-electron chi connectivity index (χ1n) is 7.85. The topological polar surface area (TPSA) is 21.9 Å². The number of aryl methyl sites for hydroxylation is 1. The lowest BCUT2D eigenvalue weighted by Gasteiger charge is -2.19. The van der Waals surface area contributed by atoms with Gasteiger partial charge in [0.2, 0.25) is 0 Å². The number of hydrogen-bond donors (Lipinski definition) is 1. The number of benzene rings is 4. The molecule has 2 unspecified atom stereocenters. The van der Waals surface area contributed by atoms with Crippen molar-refractivity contribution in [3.63, 3.8) is 0 Å². The Balaban J connectivity index is 1.90. The van der Waals surface area contributed by atoms with E-state index < -0.39 is 0 Å². The molecule has 0 amide bonds. The smallest absolute Gasteiger partial charge is 0.0482 e. The summed E-state index contributed by atoms with van der Waals surface area (Å²) in [5.74, 6) is 0. The van der Waals surface area contributed by atoms with E-state index in [1.807, 2.05) is 0 Å². The van der Waals surface area contributed by atoms with Crippen molar-refractivity contribution in [1.29, 1.82) is 0 Å². The largest absolute Gasteiger partial charge is 0.304 e. The third kappa shape index (κ3) is 1.22. The highest BCUT2D eigenvalue weighted by Crippen LogP contribution is 2.46. The second kappa shape index (κ2) is 3.37. The molecule has 2 atom stereocenters. The van der Waals surface area contributed by atoms with Gasteiger partial charge in [-0.1, -0.05) is 42.5 Å². The highest BCUT2D eigenvalue weighted by molar-refractivity contribution is 6.23. The van der Waals surface area contributed by atoms with Crippen LogP contribution >= 0.6 is 0 Å². The third-order valence-electron chi connectivity index (χ3n) is 5.52. The molecule has 0 spiro atoms. The molecule has 1 heteroatoms. The van der Waals surface area contributed by atoms with Gasteiger partial charge in [-0.05, 0) is 62.4 Å². The van der Waals surface area contributed by atoms with Gasteiger partial charge in [-0.3, -0.25) is 0 Å². The van der Waals surface area contributed by atoms with Crippen LogP contribution < -0.4 is 5.32 Å². The van der Waals surface area contributed by atoms with Crippen LogP contribution in [0.5, 0.6) is 0 Å². The Kier molecular flexibility index (Phi) is 1.70. The molecule has 1 aliphatic carbocycles. The number of fused-ring (bicyclic) bond motifs is 4. The summed E-state index contributed by atoms with van der Waals surface area (Å²) in [5.41, 5.74) is 3.14. The van der Waals surface area contributed by atoms with Gasteiger partial charge in [-0.2, -0.15) is 0 Å². The fraction of sp³-hybridized carbons (Fsp3) is 0.200. The fourth-order valence-corrected chi connectivity index (χ4v) is 4.48. The van der Waals surface area contributed by atoms with Gasteiger partial charge in [0.1, 0.15) is 0 Å². The molecular weight excluding hydrogens is 254 g/mol. The van der Waals surface area contributed by atoms with Gasteiger partial charge < -0.3 is 5.32 Å². The van der Waals surface area contributed by atoms with Crippen LogP contribution in [0.3, 0.4) is 0 Å². The van der Waals surface area contributed by atoms with Gasteiger partial charge in [0.25, 0.3) is 0 Å². The minimum absolute atomic E-state index is 0.621. The summed E-state index contributed by atoms with van der Waals surface area (Å²) in [6, 6.07) is 19.7. The predicted molar refractivity (Wildman–Crippen MR) is 88.1 cm³/mol. The summed E-state index contributed by atoms with van der Waals surface area (Å²) in [5, 5.41) is 12.2. The molecule has 4 aromatic rings. The summed E-state index contributed by atoms with van der Waals surface area (Å²) in [6.07, 6.45) is 2.51. The SMILES string of the molecule is c1cc2ccc3cc4c(c5ccc(c1)c2c35)CCC1NC41. The van der Waals surface area contributed by atoms with E-state index in [0.29, 0.717) is 6.04 Å². The maximum absolute atomic E-state index is 3.63. The molecule has 21 heavy (non-hydrogen) atoms. The third-order valence-corrected chi connectivity index (χ3v) is 5.52. The Bertz CT molecular complexity index is 1010. The predicted octanol–water partition coefficient (Wildman–Crippen LogP) is 4.54. The average Bonchev–Trinajstić information content (AvgIpc) is 3.32. The van der Waals surface area contributed by atoms with Crippen LogP contribution in [-0.2, 0) is 6.42 Å². The van der Waals surface area contributed by atoms with E-state index in [4.69, 9.17) is 0 Å². The molecule has 1 saturated heterocycles. The molecule has 1 N–H and O–H groups in total. The molecule has 0 bridgehead atoms. The van der Waals surface area contributed by atoms with Crippen molar-refractivity contribution in [2.24, 2.45) is 0 Å². The lowest BCUT2D eigenvalue weighted by molar-refractivity contribution is 0.751. The van der Waals surface area contributed by atoms with Gasteiger partial charge in [0.15, 0.2) is 0 Å². The van der Waals surface area contributed by atoms with Crippen molar-refractivity contribution >= 4 is 32.3 Å². The minimum Gasteiger partial charge on any atom is -0.304 e. The van der Waals surface area contributed by atoms with E-state index in [-0.39, 0.29) is 0 Å². The van der Waals surface area contributed by atoms with Crippen molar-refractivity contribution in [2.75, 3.05) is 0 Å². The van der Waals surface area contributed by atoms with Crippen molar-refractivity contribution in [1.82, 2.24) is 5.32 Å². The van der Waals surface area contributed by atoms with Crippen molar-refractivity contribution in [2.45, 2.75) is 24.9 Å². The van der Waals surface area contributed by atoms with Gasteiger partial charge in [0.05, 0.1) is 0 Å². The maximum Gasteiger partial charge on any atom is 0.0482 e. The van der Waals surface area contributed by atoms with E-state index in [1.54, 1.807) is 11.1 Å². The normalized spacial score (nSPS) is 23.6.